The fraction of sp³-hybridized carbons (Fsp3) is 0.615. The van der Waals surface area contributed by atoms with E-state index in [1.165, 1.54) is 6.20 Å². The van der Waals surface area contributed by atoms with Crippen molar-refractivity contribution in [1.29, 1.82) is 0 Å². The highest BCUT2D eigenvalue weighted by molar-refractivity contribution is 5.97. The van der Waals surface area contributed by atoms with Gasteiger partial charge < -0.3 is 10.4 Å². The predicted molar refractivity (Wildman–Crippen MR) is 69.0 cm³/mol. The summed E-state index contributed by atoms with van der Waals surface area (Å²) in [6.07, 6.45) is 5.49. The Labute approximate surface area is 111 Å². The van der Waals surface area contributed by atoms with Crippen molar-refractivity contribution < 1.29 is 14.7 Å². The molecule has 1 aromatic heterocycles. The first-order valence-electron chi connectivity index (χ1n) is 6.71. The minimum Gasteiger partial charge on any atom is -0.480 e. The molecule has 19 heavy (non-hydrogen) atoms. The minimum absolute atomic E-state index is 0.327. The summed E-state index contributed by atoms with van der Waals surface area (Å²) >= 11 is 0. The van der Waals surface area contributed by atoms with Gasteiger partial charge in [-0.2, -0.15) is 5.10 Å². The van der Waals surface area contributed by atoms with E-state index in [-0.39, 0.29) is 5.91 Å². The van der Waals surface area contributed by atoms with Crippen LogP contribution in [-0.2, 0) is 17.8 Å². The van der Waals surface area contributed by atoms with Gasteiger partial charge in [0.05, 0.1) is 17.5 Å². The SMILES string of the molecule is CCCCC(NC(=O)c1cnn2c1CCC2)C(=O)O. The first kappa shape index (κ1) is 13.6. The van der Waals surface area contributed by atoms with Crippen LogP contribution in [0.15, 0.2) is 6.20 Å². The van der Waals surface area contributed by atoms with E-state index in [0.717, 1.165) is 37.9 Å². The van der Waals surface area contributed by atoms with E-state index in [2.05, 4.69) is 10.4 Å². The van der Waals surface area contributed by atoms with Crippen molar-refractivity contribution in [3.63, 3.8) is 0 Å². The fourth-order valence-corrected chi connectivity index (χ4v) is 2.35. The number of hydrogen-bond acceptors (Lipinski definition) is 3. The molecule has 1 atom stereocenters. The Kier molecular flexibility index (Phi) is 4.19. The second-order valence-corrected chi connectivity index (χ2v) is 4.84. The highest BCUT2D eigenvalue weighted by atomic mass is 16.4. The van der Waals surface area contributed by atoms with Gasteiger partial charge in [-0.1, -0.05) is 19.8 Å². The average molecular weight is 265 g/mol. The third kappa shape index (κ3) is 2.94. The smallest absolute Gasteiger partial charge is 0.326 e. The van der Waals surface area contributed by atoms with Gasteiger partial charge in [-0.15, -0.1) is 0 Å². The number of carboxylic acid groups (broad SMARTS) is 1. The van der Waals surface area contributed by atoms with Crippen molar-refractivity contribution in [2.75, 3.05) is 0 Å². The summed E-state index contributed by atoms with van der Waals surface area (Å²) in [5.74, 6) is -1.31. The number of unbranched alkanes of at least 4 members (excludes halogenated alkanes) is 1. The van der Waals surface area contributed by atoms with Crippen LogP contribution < -0.4 is 5.32 Å². The van der Waals surface area contributed by atoms with Gasteiger partial charge in [-0.25, -0.2) is 4.79 Å². The molecule has 2 N–H and O–H groups in total. The van der Waals surface area contributed by atoms with Crippen LogP contribution in [0, 0.1) is 0 Å². The van der Waals surface area contributed by atoms with Gasteiger partial charge in [0, 0.05) is 6.54 Å². The molecule has 0 saturated heterocycles. The molecular formula is C13H19N3O3. The number of nitrogens with one attached hydrogen (secondary N) is 1. The molecule has 0 bridgehead atoms. The lowest BCUT2D eigenvalue weighted by Crippen LogP contribution is -2.40. The van der Waals surface area contributed by atoms with Crippen molar-refractivity contribution >= 4 is 11.9 Å². The Hall–Kier alpha value is -1.85. The molecule has 0 saturated carbocycles. The van der Waals surface area contributed by atoms with Crippen molar-refractivity contribution in [3.05, 3.63) is 17.5 Å². The number of hydrogen-bond donors (Lipinski definition) is 2. The predicted octanol–water partition coefficient (Wildman–Crippen LogP) is 1.20. The monoisotopic (exact) mass is 265 g/mol. The molecule has 1 amide bonds. The highest BCUT2D eigenvalue weighted by Gasteiger charge is 2.25. The number of aryl methyl sites for hydroxylation is 1. The summed E-state index contributed by atoms with van der Waals surface area (Å²) in [4.78, 5) is 23.2. The van der Waals surface area contributed by atoms with E-state index in [1.807, 2.05) is 11.6 Å². The van der Waals surface area contributed by atoms with Gasteiger partial charge in [-0.05, 0) is 19.3 Å². The van der Waals surface area contributed by atoms with E-state index >= 15 is 0 Å². The number of carbonyl (C=O) groups excluding carboxylic acids is 1. The Morgan fingerprint density at radius 2 is 2.37 bits per heavy atom. The molecule has 2 rings (SSSR count). The highest BCUT2D eigenvalue weighted by Crippen LogP contribution is 2.18. The Morgan fingerprint density at radius 3 is 3.05 bits per heavy atom. The van der Waals surface area contributed by atoms with Gasteiger partial charge in [0.2, 0.25) is 0 Å². The number of rotatable bonds is 6. The summed E-state index contributed by atoms with van der Waals surface area (Å²) in [7, 11) is 0. The van der Waals surface area contributed by atoms with E-state index in [4.69, 9.17) is 5.11 Å². The van der Waals surface area contributed by atoms with E-state index in [1.54, 1.807) is 0 Å². The molecule has 2 heterocycles. The van der Waals surface area contributed by atoms with Gasteiger partial charge in [-0.3, -0.25) is 9.48 Å². The minimum atomic E-state index is -0.981. The van der Waals surface area contributed by atoms with Crippen LogP contribution in [0.4, 0.5) is 0 Å². The third-order valence-electron chi connectivity index (χ3n) is 3.43. The van der Waals surface area contributed by atoms with Crippen LogP contribution in [0.2, 0.25) is 0 Å². The molecular weight excluding hydrogens is 246 g/mol. The van der Waals surface area contributed by atoms with Gasteiger partial charge in [0.25, 0.3) is 5.91 Å². The lowest BCUT2D eigenvalue weighted by atomic mass is 10.1. The van der Waals surface area contributed by atoms with Gasteiger partial charge >= 0.3 is 5.97 Å². The number of carboxylic acids is 1. The summed E-state index contributed by atoms with van der Waals surface area (Å²) in [6, 6.07) is -0.815. The third-order valence-corrected chi connectivity index (χ3v) is 3.43. The van der Waals surface area contributed by atoms with Crippen molar-refractivity contribution in [2.24, 2.45) is 0 Å². The van der Waals surface area contributed by atoms with Crippen molar-refractivity contribution in [3.8, 4) is 0 Å². The number of amides is 1. The molecule has 0 radical (unpaired) electrons. The van der Waals surface area contributed by atoms with Crippen LogP contribution in [0.25, 0.3) is 0 Å². The van der Waals surface area contributed by atoms with E-state index in [0.29, 0.717) is 12.0 Å². The van der Waals surface area contributed by atoms with Crippen LogP contribution in [0.3, 0.4) is 0 Å². The van der Waals surface area contributed by atoms with Gasteiger partial charge in [0.1, 0.15) is 6.04 Å². The molecule has 1 unspecified atom stereocenters. The quantitative estimate of drug-likeness (QED) is 0.809. The largest absolute Gasteiger partial charge is 0.480 e. The molecule has 0 fully saturated rings. The first-order chi connectivity index (χ1) is 9.13. The first-order valence-corrected chi connectivity index (χ1v) is 6.71. The van der Waals surface area contributed by atoms with Crippen LogP contribution in [0.1, 0.15) is 48.7 Å². The molecule has 0 spiro atoms. The number of nitrogens with zero attached hydrogens (tertiary/aromatic N) is 2. The number of carbonyl (C=O) groups is 2. The zero-order valence-electron chi connectivity index (χ0n) is 11.1. The van der Waals surface area contributed by atoms with Crippen molar-refractivity contribution in [2.45, 2.75) is 51.6 Å². The Bertz CT molecular complexity index is 481. The second-order valence-electron chi connectivity index (χ2n) is 4.84. The number of fused-ring (bicyclic) bond motifs is 1. The van der Waals surface area contributed by atoms with Crippen LogP contribution in [-0.4, -0.2) is 32.8 Å². The maximum Gasteiger partial charge on any atom is 0.326 e. The Morgan fingerprint density at radius 1 is 1.58 bits per heavy atom. The molecule has 1 aliphatic heterocycles. The van der Waals surface area contributed by atoms with Crippen molar-refractivity contribution in [1.82, 2.24) is 15.1 Å². The average Bonchev–Trinajstić information content (AvgIpc) is 2.95. The summed E-state index contributed by atoms with van der Waals surface area (Å²) in [5.41, 5.74) is 1.43. The van der Waals surface area contributed by atoms with E-state index < -0.39 is 12.0 Å². The number of aromatic nitrogens is 2. The van der Waals surface area contributed by atoms with Crippen LogP contribution >= 0.6 is 0 Å². The summed E-state index contributed by atoms with van der Waals surface area (Å²) in [6.45, 7) is 2.83. The molecule has 1 aromatic rings. The summed E-state index contributed by atoms with van der Waals surface area (Å²) in [5, 5.41) is 15.8. The lowest BCUT2D eigenvalue weighted by molar-refractivity contribution is -0.139. The molecule has 0 aromatic carbocycles. The molecule has 104 valence electrons. The maximum absolute atomic E-state index is 12.1. The number of aliphatic carboxylic acids is 1. The maximum atomic E-state index is 12.1. The molecule has 1 aliphatic rings. The zero-order chi connectivity index (χ0) is 13.8. The summed E-state index contributed by atoms with van der Waals surface area (Å²) < 4.78 is 1.82. The molecule has 6 nitrogen and oxygen atoms in total. The van der Waals surface area contributed by atoms with E-state index in [9.17, 15) is 9.59 Å². The second kappa shape index (κ2) is 5.86. The zero-order valence-corrected chi connectivity index (χ0v) is 11.1. The normalized spacial score (nSPS) is 15.0. The molecule has 6 heteroatoms. The topological polar surface area (TPSA) is 84.2 Å². The van der Waals surface area contributed by atoms with Crippen LogP contribution in [0.5, 0.6) is 0 Å². The fourth-order valence-electron chi connectivity index (χ4n) is 2.35. The Balaban J connectivity index is 2.04. The molecule has 0 aliphatic carbocycles. The van der Waals surface area contributed by atoms with Gasteiger partial charge in [0.15, 0.2) is 0 Å². The lowest BCUT2D eigenvalue weighted by Gasteiger charge is -2.13. The standard InChI is InChI=1S/C13H19N3O3/c1-2-3-5-10(13(18)19)15-12(17)9-8-14-16-7-4-6-11(9)16/h8,10H,2-7H2,1H3,(H,15,17)(H,18,19).